The third-order valence-corrected chi connectivity index (χ3v) is 3.78. The first-order valence-electron chi connectivity index (χ1n) is 6.74. The fraction of sp³-hybridized carbons (Fsp3) is 0.0556. The quantitative estimate of drug-likeness (QED) is 0.492. The minimum Gasteiger partial charge on any atom is -0.323 e. The van der Waals surface area contributed by atoms with E-state index in [2.05, 4.69) is 65.1 Å². The first kappa shape index (κ1) is 11.2. The van der Waals surface area contributed by atoms with Gasteiger partial charge < -0.3 is 4.40 Å². The van der Waals surface area contributed by atoms with E-state index in [9.17, 15) is 0 Å². The average Bonchev–Trinajstić information content (AvgIpc) is 2.84. The van der Waals surface area contributed by atoms with Crippen molar-refractivity contribution in [3.63, 3.8) is 0 Å². The second-order valence-electron chi connectivity index (χ2n) is 5.09. The van der Waals surface area contributed by atoms with Crippen molar-refractivity contribution in [2.75, 3.05) is 0 Å². The molecule has 0 aliphatic heterocycles. The van der Waals surface area contributed by atoms with Crippen molar-refractivity contribution in [1.82, 2.24) is 9.38 Å². The van der Waals surface area contributed by atoms with Crippen LogP contribution in [0.15, 0.2) is 67.1 Å². The molecule has 0 aliphatic rings. The Balaban J connectivity index is 2.08. The van der Waals surface area contributed by atoms with E-state index >= 15 is 0 Å². The lowest BCUT2D eigenvalue weighted by atomic mass is 10.0. The number of fused-ring (bicyclic) bond motifs is 3. The van der Waals surface area contributed by atoms with E-state index in [1.54, 1.807) is 0 Å². The SMILES string of the molecule is Cc1cc2cn3ccccc3c2cc1-c1ccccn1. The summed E-state index contributed by atoms with van der Waals surface area (Å²) in [5.74, 6) is 0. The molecule has 3 heterocycles. The highest BCUT2D eigenvalue weighted by atomic mass is 14.9. The Hall–Kier alpha value is -2.61. The van der Waals surface area contributed by atoms with Crippen LogP contribution in [-0.2, 0) is 0 Å². The Morgan fingerprint density at radius 3 is 2.75 bits per heavy atom. The van der Waals surface area contributed by atoms with Gasteiger partial charge >= 0.3 is 0 Å². The Morgan fingerprint density at radius 2 is 1.90 bits per heavy atom. The Morgan fingerprint density at radius 1 is 1.00 bits per heavy atom. The monoisotopic (exact) mass is 258 g/mol. The highest BCUT2D eigenvalue weighted by molar-refractivity contribution is 6.00. The van der Waals surface area contributed by atoms with Crippen LogP contribution in [0.25, 0.3) is 27.5 Å². The number of rotatable bonds is 1. The van der Waals surface area contributed by atoms with Crippen molar-refractivity contribution in [1.29, 1.82) is 0 Å². The van der Waals surface area contributed by atoms with Crippen LogP contribution >= 0.6 is 0 Å². The van der Waals surface area contributed by atoms with Crippen molar-refractivity contribution in [2.24, 2.45) is 0 Å². The zero-order chi connectivity index (χ0) is 13.5. The zero-order valence-electron chi connectivity index (χ0n) is 11.2. The van der Waals surface area contributed by atoms with Gasteiger partial charge in [0.1, 0.15) is 0 Å². The maximum atomic E-state index is 4.47. The molecule has 3 aromatic heterocycles. The molecule has 0 saturated heterocycles. The van der Waals surface area contributed by atoms with Gasteiger partial charge in [0.15, 0.2) is 0 Å². The topological polar surface area (TPSA) is 17.3 Å². The molecular formula is C18H14N2. The average molecular weight is 258 g/mol. The van der Waals surface area contributed by atoms with Crippen molar-refractivity contribution in [2.45, 2.75) is 6.92 Å². The van der Waals surface area contributed by atoms with Gasteiger partial charge in [-0.15, -0.1) is 0 Å². The van der Waals surface area contributed by atoms with Gasteiger partial charge in [0, 0.05) is 34.9 Å². The number of nitrogens with zero attached hydrogens (tertiary/aromatic N) is 2. The number of benzene rings is 1. The fourth-order valence-electron chi connectivity index (χ4n) is 2.80. The van der Waals surface area contributed by atoms with Crippen molar-refractivity contribution in [3.05, 3.63) is 72.7 Å². The molecule has 2 nitrogen and oxygen atoms in total. The highest BCUT2D eigenvalue weighted by Crippen LogP contribution is 2.30. The smallest absolute Gasteiger partial charge is 0.0704 e. The number of aromatic nitrogens is 2. The highest BCUT2D eigenvalue weighted by Gasteiger charge is 2.08. The molecule has 0 N–H and O–H groups in total. The summed E-state index contributed by atoms with van der Waals surface area (Å²) in [6, 6.07) is 16.8. The second kappa shape index (κ2) is 4.20. The van der Waals surface area contributed by atoms with Crippen LogP contribution in [0.5, 0.6) is 0 Å². The number of aryl methyl sites for hydroxylation is 1. The van der Waals surface area contributed by atoms with Crippen LogP contribution in [0.1, 0.15) is 5.56 Å². The number of hydrogen-bond acceptors (Lipinski definition) is 1. The van der Waals surface area contributed by atoms with E-state index in [0.717, 1.165) is 5.69 Å². The lowest BCUT2D eigenvalue weighted by molar-refractivity contribution is 1.21. The van der Waals surface area contributed by atoms with Gasteiger partial charge in [-0.05, 0) is 48.9 Å². The molecule has 0 amide bonds. The molecule has 1 aromatic carbocycles. The molecule has 0 spiro atoms. The lowest BCUT2D eigenvalue weighted by Gasteiger charge is -2.05. The summed E-state index contributed by atoms with van der Waals surface area (Å²) in [4.78, 5) is 4.47. The Kier molecular flexibility index (Phi) is 2.36. The summed E-state index contributed by atoms with van der Waals surface area (Å²) in [5, 5.41) is 2.55. The van der Waals surface area contributed by atoms with Crippen molar-refractivity contribution < 1.29 is 0 Å². The van der Waals surface area contributed by atoms with Gasteiger partial charge in [-0.25, -0.2) is 0 Å². The predicted octanol–water partition coefficient (Wildman–Crippen LogP) is 4.46. The normalized spacial score (nSPS) is 11.2. The molecule has 0 unspecified atom stereocenters. The van der Waals surface area contributed by atoms with E-state index in [0.29, 0.717) is 0 Å². The van der Waals surface area contributed by atoms with E-state index in [4.69, 9.17) is 0 Å². The summed E-state index contributed by atoms with van der Waals surface area (Å²) < 4.78 is 2.17. The summed E-state index contributed by atoms with van der Waals surface area (Å²) in [7, 11) is 0. The summed E-state index contributed by atoms with van der Waals surface area (Å²) in [5.41, 5.74) is 4.73. The van der Waals surface area contributed by atoms with Crippen LogP contribution in [0.2, 0.25) is 0 Å². The summed E-state index contributed by atoms with van der Waals surface area (Å²) in [6.45, 7) is 2.14. The standard InChI is InChI=1S/C18H14N2/c1-13-10-14-12-20-9-5-3-7-18(20)16(14)11-15(13)17-6-2-4-8-19-17/h2-12H,1H3. The van der Waals surface area contributed by atoms with Crippen molar-refractivity contribution >= 4 is 16.3 Å². The van der Waals surface area contributed by atoms with Gasteiger partial charge in [-0.3, -0.25) is 4.98 Å². The van der Waals surface area contributed by atoms with Gasteiger partial charge in [0.05, 0.1) is 11.2 Å². The second-order valence-corrected chi connectivity index (χ2v) is 5.09. The van der Waals surface area contributed by atoms with Crippen LogP contribution in [0, 0.1) is 6.92 Å². The first-order chi connectivity index (χ1) is 9.83. The minimum atomic E-state index is 1.03. The molecule has 0 fully saturated rings. The Labute approximate surface area is 117 Å². The number of pyridine rings is 2. The van der Waals surface area contributed by atoms with Crippen molar-refractivity contribution in [3.8, 4) is 11.3 Å². The minimum absolute atomic E-state index is 1.03. The van der Waals surface area contributed by atoms with E-state index in [-0.39, 0.29) is 0 Å². The van der Waals surface area contributed by atoms with Gasteiger partial charge in [0.25, 0.3) is 0 Å². The van der Waals surface area contributed by atoms with E-state index in [1.807, 2.05) is 18.3 Å². The van der Waals surface area contributed by atoms with Crippen LogP contribution < -0.4 is 0 Å². The molecule has 2 heteroatoms. The fourth-order valence-corrected chi connectivity index (χ4v) is 2.80. The molecule has 4 aromatic rings. The van der Waals surface area contributed by atoms with Gasteiger partial charge in [-0.1, -0.05) is 12.1 Å². The van der Waals surface area contributed by atoms with Gasteiger partial charge in [-0.2, -0.15) is 0 Å². The van der Waals surface area contributed by atoms with E-state index < -0.39 is 0 Å². The third-order valence-electron chi connectivity index (χ3n) is 3.78. The third kappa shape index (κ3) is 1.62. The maximum Gasteiger partial charge on any atom is 0.0704 e. The molecule has 20 heavy (non-hydrogen) atoms. The lowest BCUT2D eigenvalue weighted by Crippen LogP contribution is -1.86. The van der Waals surface area contributed by atoms with E-state index in [1.165, 1.54) is 27.4 Å². The predicted molar refractivity (Wildman–Crippen MR) is 82.9 cm³/mol. The van der Waals surface area contributed by atoms with Gasteiger partial charge in [0.2, 0.25) is 0 Å². The largest absolute Gasteiger partial charge is 0.323 e. The molecular weight excluding hydrogens is 244 g/mol. The Bertz CT molecular complexity index is 905. The summed E-state index contributed by atoms with van der Waals surface area (Å²) >= 11 is 0. The molecule has 0 aliphatic carbocycles. The maximum absolute atomic E-state index is 4.47. The first-order valence-corrected chi connectivity index (χ1v) is 6.74. The molecule has 96 valence electrons. The zero-order valence-corrected chi connectivity index (χ0v) is 11.2. The summed E-state index contributed by atoms with van der Waals surface area (Å²) in [6.07, 6.45) is 6.11. The molecule has 0 saturated carbocycles. The molecule has 4 rings (SSSR count). The van der Waals surface area contributed by atoms with Crippen LogP contribution in [0.3, 0.4) is 0 Å². The molecule has 0 atom stereocenters. The van der Waals surface area contributed by atoms with Crippen LogP contribution in [0.4, 0.5) is 0 Å². The van der Waals surface area contributed by atoms with Crippen LogP contribution in [-0.4, -0.2) is 9.38 Å². The number of hydrogen-bond donors (Lipinski definition) is 0. The molecule has 0 radical (unpaired) electrons. The molecule has 0 bridgehead atoms.